The van der Waals surface area contributed by atoms with Crippen molar-refractivity contribution in [2.24, 2.45) is 0 Å². The zero-order valence-electron chi connectivity index (χ0n) is 21.1. The van der Waals surface area contributed by atoms with E-state index in [4.69, 9.17) is 13.9 Å². The smallest absolute Gasteiger partial charge is 0.276 e. The van der Waals surface area contributed by atoms with E-state index in [2.05, 4.69) is 5.32 Å². The number of rotatable bonds is 9. The number of furan rings is 1. The van der Waals surface area contributed by atoms with Gasteiger partial charge in [0.1, 0.15) is 24.0 Å². The average Bonchev–Trinajstić information content (AvgIpc) is 3.51. The second-order valence-electron chi connectivity index (χ2n) is 10.0. The van der Waals surface area contributed by atoms with Gasteiger partial charge >= 0.3 is 0 Å². The molecule has 2 aliphatic heterocycles. The van der Waals surface area contributed by atoms with Crippen LogP contribution in [0, 0.1) is 0 Å². The summed E-state index contributed by atoms with van der Waals surface area (Å²) in [4.78, 5) is 0.160. The fourth-order valence-electron chi connectivity index (χ4n) is 5.02. The van der Waals surface area contributed by atoms with Crippen LogP contribution in [0.1, 0.15) is 19.3 Å². The Morgan fingerprint density at radius 2 is 1.87 bits per heavy atom. The van der Waals surface area contributed by atoms with Crippen molar-refractivity contribution < 1.29 is 35.8 Å². The SMILES string of the molecule is CS(=O)(=O)c1cccc(OC[C@@H](O)CNC2COC3(CCN(S(=O)(=O)c4cc5ccccc5o4)CC3)C2)c1. The molecule has 2 N–H and O–H groups in total. The first-order valence-corrected chi connectivity index (χ1v) is 15.8. The minimum atomic E-state index is -3.73. The molecule has 2 fully saturated rings. The van der Waals surface area contributed by atoms with Crippen LogP contribution >= 0.6 is 0 Å². The maximum absolute atomic E-state index is 13.1. The summed E-state index contributed by atoms with van der Waals surface area (Å²) in [5.74, 6) is 0.375. The number of sulfone groups is 1. The van der Waals surface area contributed by atoms with Gasteiger partial charge in [-0.25, -0.2) is 16.8 Å². The molecule has 0 radical (unpaired) electrons. The summed E-state index contributed by atoms with van der Waals surface area (Å²) < 4.78 is 68.5. The molecule has 5 rings (SSSR count). The molecule has 0 amide bonds. The van der Waals surface area contributed by atoms with Crippen LogP contribution in [-0.2, 0) is 24.6 Å². The molecule has 0 aliphatic carbocycles. The van der Waals surface area contributed by atoms with Crippen molar-refractivity contribution in [2.45, 2.75) is 47.0 Å². The van der Waals surface area contributed by atoms with Gasteiger partial charge in [0.15, 0.2) is 9.84 Å². The maximum Gasteiger partial charge on any atom is 0.276 e. The van der Waals surface area contributed by atoms with E-state index < -0.39 is 31.6 Å². The molecular formula is C26H32N2O8S2. The number of hydrogen-bond donors (Lipinski definition) is 2. The van der Waals surface area contributed by atoms with Crippen LogP contribution in [-0.4, -0.2) is 83.1 Å². The molecular weight excluding hydrogens is 532 g/mol. The number of aliphatic hydroxyl groups is 1. The molecule has 0 bridgehead atoms. The van der Waals surface area contributed by atoms with Crippen molar-refractivity contribution in [3.05, 3.63) is 54.6 Å². The van der Waals surface area contributed by atoms with Crippen molar-refractivity contribution in [3.8, 4) is 5.75 Å². The van der Waals surface area contributed by atoms with Gasteiger partial charge in [-0.15, -0.1) is 0 Å². The van der Waals surface area contributed by atoms with Gasteiger partial charge in [-0.1, -0.05) is 24.3 Å². The van der Waals surface area contributed by atoms with Crippen LogP contribution in [0.5, 0.6) is 5.75 Å². The second-order valence-corrected chi connectivity index (χ2v) is 13.9. The van der Waals surface area contributed by atoms with Crippen molar-refractivity contribution >= 4 is 30.8 Å². The Hall–Kier alpha value is -2.48. The van der Waals surface area contributed by atoms with Gasteiger partial charge in [0.05, 0.1) is 17.1 Å². The topological polar surface area (TPSA) is 135 Å². The molecule has 2 saturated heterocycles. The van der Waals surface area contributed by atoms with E-state index in [0.717, 1.165) is 18.1 Å². The quantitative estimate of drug-likeness (QED) is 0.401. The highest BCUT2D eigenvalue weighted by molar-refractivity contribution is 7.90. The molecule has 10 nitrogen and oxygen atoms in total. The van der Waals surface area contributed by atoms with Gasteiger partial charge < -0.3 is 24.3 Å². The van der Waals surface area contributed by atoms with Crippen LogP contribution in [0.4, 0.5) is 0 Å². The van der Waals surface area contributed by atoms with Gasteiger partial charge in [-0.2, -0.15) is 4.31 Å². The van der Waals surface area contributed by atoms with Gasteiger partial charge in [-0.3, -0.25) is 0 Å². The summed E-state index contributed by atoms with van der Waals surface area (Å²) in [6, 6.07) is 15.0. The standard InChI is InChI=1S/C26H32N2O8S2/c1-37(30,31)23-7-4-6-22(14-23)34-18-21(29)16-27-20-15-26(35-17-20)9-11-28(12-10-26)38(32,33)25-13-19-5-2-3-8-24(19)36-25/h2-8,13-14,20-21,27,29H,9-12,15-18H2,1H3/t20?,21-/m0/s1. The van der Waals surface area contributed by atoms with E-state index in [0.29, 0.717) is 43.9 Å². The minimum absolute atomic E-state index is 0.00749. The zero-order chi connectivity index (χ0) is 27.0. The highest BCUT2D eigenvalue weighted by Gasteiger charge is 2.45. The van der Waals surface area contributed by atoms with Crippen molar-refractivity contribution in [3.63, 3.8) is 0 Å². The van der Waals surface area contributed by atoms with Crippen LogP contribution in [0.25, 0.3) is 11.0 Å². The van der Waals surface area contributed by atoms with Gasteiger partial charge in [0.2, 0.25) is 5.09 Å². The molecule has 206 valence electrons. The maximum atomic E-state index is 13.1. The number of piperidine rings is 1. The minimum Gasteiger partial charge on any atom is -0.491 e. The Morgan fingerprint density at radius 3 is 2.61 bits per heavy atom. The normalized spacial score (nSPS) is 21.2. The molecule has 2 aromatic carbocycles. The second kappa shape index (κ2) is 10.6. The summed E-state index contributed by atoms with van der Waals surface area (Å²) in [5, 5.41) is 14.4. The summed E-state index contributed by atoms with van der Waals surface area (Å²) in [6.07, 6.45) is 2.20. The highest BCUT2D eigenvalue weighted by Crippen LogP contribution is 2.38. The zero-order valence-corrected chi connectivity index (χ0v) is 22.7. The molecule has 38 heavy (non-hydrogen) atoms. The van der Waals surface area contributed by atoms with Crippen molar-refractivity contribution in [1.29, 1.82) is 0 Å². The molecule has 12 heteroatoms. The first-order valence-electron chi connectivity index (χ1n) is 12.5. The lowest BCUT2D eigenvalue weighted by Crippen LogP contribution is -2.47. The fourth-order valence-corrected chi connectivity index (χ4v) is 7.06. The summed E-state index contributed by atoms with van der Waals surface area (Å²) in [5.41, 5.74) is 0.146. The van der Waals surface area contributed by atoms with E-state index in [1.54, 1.807) is 30.3 Å². The van der Waals surface area contributed by atoms with E-state index in [-0.39, 0.29) is 29.2 Å². The molecule has 1 unspecified atom stereocenters. The fraction of sp³-hybridized carbons (Fsp3) is 0.462. The Morgan fingerprint density at radius 1 is 1.11 bits per heavy atom. The third-order valence-corrected chi connectivity index (χ3v) is 10.0. The van der Waals surface area contributed by atoms with Gasteiger partial charge in [-0.05, 0) is 43.5 Å². The summed E-state index contributed by atoms with van der Waals surface area (Å²) in [6.45, 7) is 1.44. The van der Waals surface area contributed by atoms with Crippen LogP contribution in [0.2, 0.25) is 0 Å². The number of aliphatic hydroxyl groups excluding tert-OH is 1. The molecule has 3 heterocycles. The van der Waals surface area contributed by atoms with Crippen LogP contribution in [0.3, 0.4) is 0 Å². The third-order valence-electron chi connectivity index (χ3n) is 7.16. The molecule has 0 saturated carbocycles. The lowest BCUT2D eigenvalue weighted by molar-refractivity contribution is -0.0313. The molecule has 1 aromatic heterocycles. The third kappa shape index (κ3) is 5.90. The molecule has 3 aromatic rings. The number of ether oxygens (including phenoxy) is 2. The Kier molecular flexibility index (Phi) is 7.55. The number of hydrogen-bond acceptors (Lipinski definition) is 9. The number of nitrogens with zero attached hydrogens (tertiary/aromatic N) is 1. The lowest BCUT2D eigenvalue weighted by Gasteiger charge is -2.37. The first-order chi connectivity index (χ1) is 18.0. The van der Waals surface area contributed by atoms with E-state index in [1.807, 2.05) is 12.1 Å². The van der Waals surface area contributed by atoms with Crippen LogP contribution in [0.15, 0.2) is 69.0 Å². The van der Waals surface area contributed by atoms with E-state index in [1.165, 1.54) is 16.4 Å². The number of benzene rings is 2. The number of para-hydroxylation sites is 1. The number of fused-ring (bicyclic) bond motifs is 1. The molecule has 2 atom stereocenters. The molecule has 1 spiro atoms. The van der Waals surface area contributed by atoms with E-state index in [9.17, 15) is 21.9 Å². The highest BCUT2D eigenvalue weighted by atomic mass is 32.2. The van der Waals surface area contributed by atoms with Crippen molar-refractivity contribution in [2.75, 3.05) is 39.1 Å². The summed E-state index contributed by atoms with van der Waals surface area (Å²) in [7, 11) is -7.07. The van der Waals surface area contributed by atoms with Gasteiger partial charge in [0.25, 0.3) is 10.0 Å². The first kappa shape index (κ1) is 27.1. The van der Waals surface area contributed by atoms with E-state index >= 15 is 0 Å². The monoisotopic (exact) mass is 564 g/mol. The van der Waals surface area contributed by atoms with Crippen molar-refractivity contribution in [1.82, 2.24) is 9.62 Å². The largest absolute Gasteiger partial charge is 0.491 e. The molecule has 2 aliphatic rings. The summed E-state index contributed by atoms with van der Waals surface area (Å²) >= 11 is 0. The Bertz CT molecular complexity index is 1460. The number of sulfonamides is 1. The Labute approximate surface area is 222 Å². The number of nitrogens with one attached hydrogen (secondary N) is 1. The average molecular weight is 565 g/mol. The van der Waals surface area contributed by atoms with Gasteiger partial charge in [0, 0.05) is 43.4 Å². The predicted octanol–water partition coefficient (Wildman–Crippen LogP) is 2.18. The van der Waals surface area contributed by atoms with Crippen LogP contribution < -0.4 is 10.1 Å². The lowest BCUT2D eigenvalue weighted by atomic mass is 9.88. The Balaban J connectivity index is 1.09. The predicted molar refractivity (Wildman–Crippen MR) is 140 cm³/mol.